The molecule has 0 fully saturated rings. The van der Waals surface area contributed by atoms with Crippen molar-refractivity contribution in [1.29, 1.82) is 0 Å². The number of unbranched alkanes of at least 4 members (excludes halogenated alkanes) is 2. The van der Waals surface area contributed by atoms with E-state index in [1.165, 1.54) is 0 Å². The highest BCUT2D eigenvalue weighted by Crippen LogP contribution is 2.19. The molecule has 96 valence electrons. The second-order valence-corrected chi connectivity index (χ2v) is 5.28. The second kappa shape index (κ2) is 7.61. The lowest BCUT2D eigenvalue weighted by atomic mass is 10.1. The summed E-state index contributed by atoms with van der Waals surface area (Å²) in [5.41, 5.74) is 0.785. The first-order valence-electron chi connectivity index (χ1n) is 5.83. The number of nitrogens with zero attached hydrogens (tertiary/aromatic N) is 2. The molecule has 0 bridgehead atoms. The van der Waals surface area contributed by atoms with Crippen molar-refractivity contribution in [2.24, 2.45) is 0 Å². The first-order chi connectivity index (χ1) is 8.16. The van der Waals surface area contributed by atoms with Gasteiger partial charge in [-0.3, -0.25) is 4.79 Å². The van der Waals surface area contributed by atoms with Crippen LogP contribution in [0.25, 0.3) is 0 Å². The summed E-state index contributed by atoms with van der Waals surface area (Å²) in [5.74, 6) is 0.852. The van der Waals surface area contributed by atoms with Crippen LogP contribution < -0.4 is 5.32 Å². The van der Waals surface area contributed by atoms with E-state index in [1.54, 1.807) is 0 Å². The molecule has 0 atom stereocenters. The van der Waals surface area contributed by atoms with Crippen molar-refractivity contribution in [3.8, 4) is 0 Å². The minimum absolute atomic E-state index is 0.0606. The Hall–Kier alpha value is -0.680. The summed E-state index contributed by atoms with van der Waals surface area (Å²) < 4.78 is 3.84. The zero-order valence-electron chi connectivity index (χ0n) is 10.2. The number of rotatable bonds is 7. The molecular weight excluding hydrogens is 258 g/mol. The molecule has 1 rings (SSSR count). The molecule has 0 aromatic carbocycles. The van der Waals surface area contributed by atoms with Crippen LogP contribution in [-0.2, 0) is 0 Å². The third-order valence-electron chi connectivity index (χ3n) is 2.36. The van der Waals surface area contributed by atoms with Crippen LogP contribution in [0.2, 0.25) is 0 Å². The minimum atomic E-state index is -0.0606. The summed E-state index contributed by atoms with van der Waals surface area (Å²) in [7, 11) is 0. The minimum Gasteiger partial charge on any atom is -0.351 e. The van der Waals surface area contributed by atoms with Crippen LogP contribution in [0.1, 0.15) is 54.4 Å². The fourth-order valence-electron chi connectivity index (χ4n) is 1.41. The number of carbonyl (C=O) groups excluding carboxylic acids is 1. The average Bonchev–Trinajstić information content (AvgIpc) is 2.77. The summed E-state index contributed by atoms with van der Waals surface area (Å²) in [6, 6.07) is 0. The average molecular weight is 276 g/mol. The third kappa shape index (κ3) is 4.60. The predicted molar refractivity (Wildman–Crippen MR) is 70.9 cm³/mol. The highest BCUT2D eigenvalue weighted by atomic mass is 35.5. The first kappa shape index (κ1) is 14.4. The van der Waals surface area contributed by atoms with Crippen LogP contribution in [0.5, 0.6) is 0 Å². The van der Waals surface area contributed by atoms with Crippen molar-refractivity contribution in [3.05, 3.63) is 10.6 Å². The molecule has 0 aliphatic rings. The first-order valence-corrected chi connectivity index (χ1v) is 7.14. The number of aromatic nitrogens is 2. The number of hydrogen-bond acceptors (Lipinski definition) is 4. The Morgan fingerprint density at radius 1 is 1.41 bits per heavy atom. The Labute approximate surface area is 111 Å². The van der Waals surface area contributed by atoms with E-state index in [-0.39, 0.29) is 11.8 Å². The summed E-state index contributed by atoms with van der Waals surface area (Å²) in [6.45, 7) is 4.70. The number of halogens is 1. The van der Waals surface area contributed by atoms with Gasteiger partial charge in [0, 0.05) is 12.4 Å². The molecule has 1 N–H and O–H groups in total. The molecule has 0 aliphatic carbocycles. The van der Waals surface area contributed by atoms with E-state index in [0.29, 0.717) is 17.3 Å². The van der Waals surface area contributed by atoms with Crippen molar-refractivity contribution < 1.29 is 4.79 Å². The molecular formula is C11H18ClN3OS. The lowest BCUT2D eigenvalue weighted by molar-refractivity contribution is 0.0955. The van der Waals surface area contributed by atoms with Gasteiger partial charge in [0.1, 0.15) is 4.88 Å². The molecule has 6 heteroatoms. The second-order valence-electron chi connectivity index (χ2n) is 4.15. The van der Waals surface area contributed by atoms with Gasteiger partial charge in [-0.2, -0.15) is 0 Å². The SMILES string of the molecule is CC(C)c1nnsc1C(=O)NCCCCCCl. The van der Waals surface area contributed by atoms with E-state index in [0.717, 1.165) is 36.5 Å². The van der Waals surface area contributed by atoms with Gasteiger partial charge >= 0.3 is 0 Å². The van der Waals surface area contributed by atoms with Crippen LogP contribution in [0.15, 0.2) is 0 Å². The Balaban J connectivity index is 2.39. The standard InChI is InChI=1S/C11H18ClN3OS/c1-8(2)9-10(17-15-14-9)11(16)13-7-5-3-4-6-12/h8H,3-7H2,1-2H3,(H,13,16). The highest BCUT2D eigenvalue weighted by molar-refractivity contribution is 7.08. The van der Waals surface area contributed by atoms with Gasteiger partial charge in [-0.15, -0.1) is 16.7 Å². The van der Waals surface area contributed by atoms with Crippen LogP contribution in [0.3, 0.4) is 0 Å². The van der Waals surface area contributed by atoms with E-state index in [1.807, 2.05) is 13.8 Å². The summed E-state index contributed by atoms with van der Waals surface area (Å²) in [6.07, 6.45) is 3.00. The monoisotopic (exact) mass is 275 g/mol. The smallest absolute Gasteiger partial charge is 0.264 e. The molecule has 4 nitrogen and oxygen atoms in total. The van der Waals surface area contributed by atoms with Crippen molar-refractivity contribution in [3.63, 3.8) is 0 Å². The molecule has 0 spiro atoms. The van der Waals surface area contributed by atoms with Crippen LogP contribution in [0.4, 0.5) is 0 Å². The van der Waals surface area contributed by atoms with Gasteiger partial charge in [-0.05, 0) is 30.3 Å². The third-order valence-corrected chi connectivity index (χ3v) is 3.37. The van der Waals surface area contributed by atoms with E-state index in [2.05, 4.69) is 14.9 Å². The molecule has 0 radical (unpaired) electrons. The van der Waals surface area contributed by atoms with Crippen LogP contribution in [0, 0.1) is 0 Å². The molecule has 1 amide bonds. The van der Waals surface area contributed by atoms with Crippen LogP contribution >= 0.6 is 23.1 Å². The lowest BCUT2D eigenvalue weighted by Crippen LogP contribution is -2.24. The van der Waals surface area contributed by atoms with Crippen molar-refractivity contribution in [1.82, 2.24) is 14.9 Å². The van der Waals surface area contributed by atoms with E-state index >= 15 is 0 Å². The van der Waals surface area contributed by atoms with Gasteiger partial charge in [-0.1, -0.05) is 24.8 Å². The number of nitrogens with one attached hydrogen (secondary N) is 1. The summed E-state index contributed by atoms with van der Waals surface area (Å²) in [4.78, 5) is 12.5. The fourth-order valence-corrected chi connectivity index (χ4v) is 2.34. The predicted octanol–water partition coefficient (Wildman–Crippen LogP) is 2.80. The Bertz CT molecular complexity index is 354. The maximum atomic E-state index is 11.9. The molecule has 17 heavy (non-hydrogen) atoms. The number of carbonyl (C=O) groups is 1. The van der Waals surface area contributed by atoms with Gasteiger partial charge in [0.05, 0.1) is 5.69 Å². The fraction of sp³-hybridized carbons (Fsp3) is 0.727. The zero-order valence-corrected chi connectivity index (χ0v) is 11.8. The lowest BCUT2D eigenvalue weighted by Gasteiger charge is -2.05. The van der Waals surface area contributed by atoms with E-state index in [4.69, 9.17) is 11.6 Å². The number of hydrogen-bond donors (Lipinski definition) is 1. The highest BCUT2D eigenvalue weighted by Gasteiger charge is 2.17. The van der Waals surface area contributed by atoms with Gasteiger partial charge in [-0.25, -0.2) is 0 Å². The molecule has 1 heterocycles. The van der Waals surface area contributed by atoms with Gasteiger partial charge in [0.25, 0.3) is 5.91 Å². The summed E-state index contributed by atoms with van der Waals surface area (Å²) >= 11 is 6.74. The van der Waals surface area contributed by atoms with Crippen molar-refractivity contribution in [2.45, 2.75) is 39.0 Å². The maximum absolute atomic E-state index is 11.9. The number of alkyl halides is 1. The quantitative estimate of drug-likeness (QED) is 0.615. The van der Waals surface area contributed by atoms with Crippen LogP contribution in [-0.4, -0.2) is 27.9 Å². The maximum Gasteiger partial charge on any atom is 0.264 e. The van der Waals surface area contributed by atoms with Gasteiger partial charge < -0.3 is 5.32 Å². The molecule has 1 aromatic rings. The van der Waals surface area contributed by atoms with E-state index < -0.39 is 0 Å². The Morgan fingerprint density at radius 2 is 2.18 bits per heavy atom. The molecule has 0 saturated heterocycles. The normalized spacial score (nSPS) is 10.8. The Kier molecular flexibility index (Phi) is 6.44. The molecule has 0 unspecified atom stereocenters. The van der Waals surface area contributed by atoms with Crippen molar-refractivity contribution >= 4 is 29.0 Å². The molecule has 1 aromatic heterocycles. The number of amides is 1. The largest absolute Gasteiger partial charge is 0.351 e. The van der Waals surface area contributed by atoms with Gasteiger partial charge in [0.2, 0.25) is 0 Å². The summed E-state index contributed by atoms with van der Waals surface area (Å²) in [5, 5.41) is 6.87. The van der Waals surface area contributed by atoms with E-state index in [9.17, 15) is 4.79 Å². The topological polar surface area (TPSA) is 54.9 Å². The van der Waals surface area contributed by atoms with Gasteiger partial charge in [0.15, 0.2) is 0 Å². The zero-order chi connectivity index (χ0) is 12.7. The Morgan fingerprint density at radius 3 is 2.82 bits per heavy atom. The van der Waals surface area contributed by atoms with Crippen molar-refractivity contribution in [2.75, 3.05) is 12.4 Å². The molecule has 0 saturated carbocycles. The molecule has 0 aliphatic heterocycles.